The summed E-state index contributed by atoms with van der Waals surface area (Å²) in [7, 11) is 1.80. The topological polar surface area (TPSA) is 38.0 Å². The van der Waals surface area contributed by atoms with Crippen molar-refractivity contribution in [3.05, 3.63) is 65.4 Å². The van der Waals surface area contributed by atoms with Gasteiger partial charge in [0.05, 0.1) is 11.2 Å². The van der Waals surface area contributed by atoms with E-state index >= 15 is 0 Å². The van der Waals surface area contributed by atoms with Gasteiger partial charge in [0.25, 0.3) is 0 Å². The zero-order chi connectivity index (χ0) is 15.0. The van der Waals surface area contributed by atoms with Crippen LogP contribution < -0.4 is 0 Å². The molecule has 3 rings (SSSR count). The Morgan fingerprint density at radius 3 is 2.67 bits per heavy atom. The first-order chi connectivity index (χ1) is 10.1. The Balaban J connectivity index is 1.93. The number of aromatic nitrogens is 2. The zero-order valence-electron chi connectivity index (χ0n) is 11.4. The minimum atomic E-state index is -0.912. The fourth-order valence-electron chi connectivity index (χ4n) is 2.47. The second-order valence-corrected chi connectivity index (χ2v) is 4.99. The number of aliphatic hydroxyl groups excluding tert-OH is 1. The van der Waals surface area contributed by atoms with Gasteiger partial charge in [0.1, 0.15) is 6.10 Å². The van der Waals surface area contributed by atoms with Crippen LogP contribution in [0.4, 0.5) is 8.78 Å². The first kappa shape index (κ1) is 13.7. The molecule has 21 heavy (non-hydrogen) atoms. The van der Waals surface area contributed by atoms with Gasteiger partial charge in [0.15, 0.2) is 11.6 Å². The number of para-hydroxylation sites is 1. The van der Waals surface area contributed by atoms with Crippen molar-refractivity contribution in [2.75, 3.05) is 0 Å². The molecule has 1 heterocycles. The molecule has 5 heteroatoms. The number of rotatable bonds is 3. The van der Waals surface area contributed by atoms with Crippen molar-refractivity contribution in [3.63, 3.8) is 0 Å². The Bertz CT molecular complexity index is 798. The molecule has 0 fully saturated rings. The molecule has 3 nitrogen and oxygen atoms in total. The van der Waals surface area contributed by atoms with Crippen molar-refractivity contribution in [3.8, 4) is 0 Å². The fraction of sp³-hybridized carbons (Fsp3) is 0.188. The van der Waals surface area contributed by atoms with Gasteiger partial charge in [-0.05, 0) is 23.8 Å². The van der Waals surface area contributed by atoms with Crippen LogP contribution in [0.5, 0.6) is 0 Å². The summed E-state index contributed by atoms with van der Waals surface area (Å²) in [4.78, 5) is 0. The molecular weight excluding hydrogens is 274 g/mol. The van der Waals surface area contributed by atoms with Gasteiger partial charge in [-0.15, -0.1) is 0 Å². The van der Waals surface area contributed by atoms with E-state index in [1.54, 1.807) is 11.7 Å². The van der Waals surface area contributed by atoms with Crippen LogP contribution in [-0.2, 0) is 13.5 Å². The van der Waals surface area contributed by atoms with Crippen molar-refractivity contribution < 1.29 is 13.9 Å². The van der Waals surface area contributed by atoms with Gasteiger partial charge >= 0.3 is 0 Å². The van der Waals surface area contributed by atoms with Gasteiger partial charge in [-0.1, -0.05) is 24.3 Å². The molecule has 0 saturated heterocycles. The van der Waals surface area contributed by atoms with Crippen molar-refractivity contribution in [1.82, 2.24) is 9.78 Å². The maximum atomic E-state index is 13.2. The Labute approximate surface area is 120 Å². The van der Waals surface area contributed by atoms with Crippen LogP contribution in [0.2, 0.25) is 0 Å². The number of hydrogen-bond donors (Lipinski definition) is 1. The minimum absolute atomic E-state index is 0.179. The Morgan fingerprint density at radius 1 is 1.14 bits per heavy atom. The SMILES string of the molecule is Cn1nc(C(O)Cc2ccc(F)c(F)c2)c2ccccc21. The van der Waals surface area contributed by atoms with Gasteiger partial charge in [0.2, 0.25) is 0 Å². The third-order valence-electron chi connectivity index (χ3n) is 3.52. The number of halogens is 2. The molecule has 0 aliphatic rings. The highest BCUT2D eigenvalue weighted by atomic mass is 19.2. The average molecular weight is 288 g/mol. The second kappa shape index (κ2) is 5.26. The third-order valence-corrected chi connectivity index (χ3v) is 3.52. The summed E-state index contributed by atoms with van der Waals surface area (Å²) in [5, 5.41) is 15.5. The largest absolute Gasteiger partial charge is 0.386 e. The minimum Gasteiger partial charge on any atom is -0.386 e. The highest BCUT2D eigenvalue weighted by molar-refractivity contribution is 5.82. The average Bonchev–Trinajstić information content (AvgIpc) is 2.81. The Kier molecular flexibility index (Phi) is 3.43. The van der Waals surface area contributed by atoms with E-state index in [-0.39, 0.29) is 6.42 Å². The molecule has 108 valence electrons. The van der Waals surface area contributed by atoms with Gasteiger partial charge in [-0.25, -0.2) is 8.78 Å². The number of nitrogens with zero attached hydrogens (tertiary/aromatic N) is 2. The van der Waals surface area contributed by atoms with Crippen LogP contribution in [0.15, 0.2) is 42.5 Å². The van der Waals surface area contributed by atoms with Gasteiger partial charge in [-0.3, -0.25) is 4.68 Å². The molecule has 0 bridgehead atoms. The van der Waals surface area contributed by atoms with Crippen LogP contribution in [0.3, 0.4) is 0 Å². The predicted octanol–water partition coefficient (Wildman–Crippen LogP) is 3.13. The monoisotopic (exact) mass is 288 g/mol. The molecule has 0 amide bonds. The van der Waals surface area contributed by atoms with Crippen molar-refractivity contribution in [2.24, 2.45) is 7.05 Å². The molecule has 3 aromatic rings. The van der Waals surface area contributed by atoms with E-state index in [1.807, 2.05) is 24.3 Å². The van der Waals surface area contributed by atoms with Crippen molar-refractivity contribution in [1.29, 1.82) is 0 Å². The van der Waals surface area contributed by atoms with Gasteiger partial charge in [0, 0.05) is 18.9 Å². The molecule has 1 aromatic heterocycles. The maximum absolute atomic E-state index is 13.2. The number of fused-ring (bicyclic) bond motifs is 1. The first-order valence-corrected chi connectivity index (χ1v) is 6.60. The summed E-state index contributed by atoms with van der Waals surface area (Å²) >= 11 is 0. The van der Waals surface area contributed by atoms with Gasteiger partial charge < -0.3 is 5.11 Å². The quantitative estimate of drug-likeness (QED) is 0.804. The van der Waals surface area contributed by atoms with E-state index in [9.17, 15) is 13.9 Å². The van der Waals surface area contributed by atoms with Crippen LogP contribution in [0.25, 0.3) is 10.9 Å². The second-order valence-electron chi connectivity index (χ2n) is 4.99. The number of benzene rings is 2. The maximum Gasteiger partial charge on any atom is 0.159 e. The predicted molar refractivity (Wildman–Crippen MR) is 75.7 cm³/mol. The zero-order valence-corrected chi connectivity index (χ0v) is 11.4. The molecule has 0 spiro atoms. The highest BCUT2D eigenvalue weighted by Gasteiger charge is 2.17. The van der Waals surface area contributed by atoms with E-state index in [1.165, 1.54) is 6.07 Å². The smallest absolute Gasteiger partial charge is 0.159 e. The van der Waals surface area contributed by atoms with Crippen LogP contribution in [0.1, 0.15) is 17.4 Å². The molecule has 0 radical (unpaired) electrons. The third kappa shape index (κ3) is 2.52. The summed E-state index contributed by atoms with van der Waals surface area (Å²) in [5.74, 6) is -1.80. The summed E-state index contributed by atoms with van der Waals surface area (Å²) in [6.07, 6.45) is -0.695. The summed E-state index contributed by atoms with van der Waals surface area (Å²) in [6, 6.07) is 11.2. The molecule has 1 unspecified atom stereocenters. The molecule has 1 atom stereocenters. The molecule has 0 aliphatic carbocycles. The van der Waals surface area contributed by atoms with Crippen LogP contribution in [0, 0.1) is 11.6 Å². The number of aliphatic hydroxyl groups is 1. The van der Waals surface area contributed by atoms with E-state index in [0.717, 1.165) is 23.0 Å². The highest BCUT2D eigenvalue weighted by Crippen LogP contribution is 2.26. The summed E-state index contributed by atoms with van der Waals surface area (Å²) < 4.78 is 27.8. The van der Waals surface area contributed by atoms with Crippen LogP contribution >= 0.6 is 0 Å². The van der Waals surface area contributed by atoms with Gasteiger partial charge in [-0.2, -0.15) is 5.10 Å². The Morgan fingerprint density at radius 2 is 1.90 bits per heavy atom. The molecule has 0 aliphatic heterocycles. The molecule has 0 saturated carbocycles. The van der Waals surface area contributed by atoms with E-state index in [0.29, 0.717) is 11.3 Å². The lowest BCUT2D eigenvalue weighted by Crippen LogP contribution is -2.04. The first-order valence-electron chi connectivity index (χ1n) is 6.60. The molecule has 1 N–H and O–H groups in total. The number of aryl methyl sites for hydroxylation is 1. The van der Waals surface area contributed by atoms with E-state index in [4.69, 9.17) is 0 Å². The van der Waals surface area contributed by atoms with E-state index in [2.05, 4.69) is 5.10 Å². The van der Waals surface area contributed by atoms with E-state index < -0.39 is 17.7 Å². The standard InChI is InChI=1S/C16H14F2N2O/c1-20-14-5-3-2-4-11(14)16(19-20)15(21)9-10-6-7-12(17)13(18)8-10/h2-8,15,21H,9H2,1H3. The Hall–Kier alpha value is -2.27. The van der Waals surface area contributed by atoms with Crippen LogP contribution in [-0.4, -0.2) is 14.9 Å². The van der Waals surface area contributed by atoms with Crippen molar-refractivity contribution in [2.45, 2.75) is 12.5 Å². The summed E-state index contributed by atoms with van der Waals surface area (Å²) in [5.41, 5.74) is 1.98. The summed E-state index contributed by atoms with van der Waals surface area (Å²) in [6.45, 7) is 0. The lowest BCUT2D eigenvalue weighted by atomic mass is 10.0. The normalized spacial score (nSPS) is 12.8. The lowest BCUT2D eigenvalue weighted by molar-refractivity contribution is 0.174. The fourth-order valence-corrected chi connectivity index (χ4v) is 2.47. The number of hydrogen-bond acceptors (Lipinski definition) is 2. The lowest BCUT2D eigenvalue weighted by Gasteiger charge is -2.09. The van der Waals surface area contributed by atoms with Crippen molar-refractivity contribution >= 4 is 10.9 Å². The molecular formula is C16H14F2N2O. The molecule has 2 aromatic carbocycles.